The second-order valence-corrected chi connectivity index (χ2v) is 2.74. The van der Waals surface area contributed by atoms with Crippen molar-refractivity contribution in [3.05, 3.63) is 0 Å². The molecule has 0 unspecified atom stereocenters. The normalized spacial score (nSPS) is 15.8. The number of rotatable bonds is 1. The van der Waals surface area contributed by atoms with Gasteiger partial charge in [0.05, 0.1) is 0 Å². The maximum Gasteiger partial charge on any atom is 0.417 e. The van der Waals surface area contributed by atoms with Crippen molar-refractivity contribution in [2.45, 2.75) is 0 Å². The minimum atomic E-state index is -0.824. The minimum absolute atomic E-state index is 0.630. The molecule has 0 aliphatic carbocycles. The Hall–Kier alpha value is -0.110. The van der Waals surface area contributed by atoms with Gasteiger partial charge in [-0.3, -0.25) is 0 Å². The van der Waals surface area contributed by atoms with Gasteiger partial charge in [0.25, 0.3) is 0 Å². The average molecular weight is 211 g/mol. The van der Waals surface area contributed by atoms with E-state index in [2.05, 4.69) is 32.2 Å². The summed E-state index contributed by atoms with van der Waals surface area (Å²) < 4.78 is 3.96. The summed E-state index contributed by atoms with van der Waals surface area (Å²) in [6.45, 7) is 4.56. The van der Waals surface area contributed by atoms with Crippen LogP contribution < -0.4 is 16.4 Å². The Balaban J connectivity index is 0.000000202. The van der Waals surface area contributed by atoms with Crippen molar-refractivity contribution in [1.29, 1.82) is 0 Å². The molecule has 1 fully saturated rings. The predicted molar refractivity (Wildman–Crippen MR) is 53.0 cm³/mol. The number of carbonyl (C=O) groups excluding carboxylic acids is 1. The van der Waals surface area contributed by atoms with Gasteiger partial charge in [0.1, 0.15) is 11.1 Å². The van der Waals surface area contributed by atoms with Gasteiger partial charge in [0.15, 0.2) is 0 Å². The largest absolute Gasteiger partial charge is 0.417 e. The van der Waals surface area contributed by atoms with Gasteiger partial charge >= 0.3 is 6.09 Å². The summed E-state index contributed by atoms with van der Waals surface area (Å²) in [6.07, 6.45) is -0.824. The molecule has 0 aromatic rings. The van der Waals surface area contributed by atoms with Gasteiger partial charge in [0.2, 0.25) is 0 Å². The molecule has 0 atom stereocenters. The highest BCUT2D eigenvalue weighted by Crippen LogP contribution is 2.04. The van der Waals surface area contributed by atoms with Crippen LogP contribution in [-0.4, -0.2) is 32.3 Å². The van der Waals surface area contributed by atoms with Crippen LogP contribution in [0.2, 0.25) is 0 Å². The van der Waals surface area contributed by atoms with Crippen molar-refractivity contribution < 1.29 is 8.98 Å². The zero-order chi connectivity index (χ0) is 9.23. The van der Waals surface area contributed by atoms with E-state index in [1.165, 1.54) is 0 Å². The van der Waals surface area contributed by atoms with E-state index >= 15 is 0 Å². The molecule has 1 amide bonds. The molecule has 0 aromatic heterocycles. The molecule has 1 aliphatic heterocycles. The smallest absolute Gasteiger partial charge is 0.364 e. The lowest BCUT2D eigenvalue weighted by Gasteiger charge is -2.11. The van der Waals surface area contributed by atoms with E-state index in [0.29, 0.717) is 11.1 Å². The van der Waals surface area contributed by atoms with Crippen molar-refractivity contribution in [3.8, 4) is 0 Å². The number of piperazine rings is 1. The number of hydrogen-bond donors (Lipinski definition) is 4. The number of nitrogens with two attached hydrogens (primary N) is 1. The summed E-state index contributed by atoms with van der Waals surface area (Å²) in [6, 6.07) is 0. The predicted octanol–water partition coefficient (Wildman–Crippen LogP) is -0.246. The zero-order valence-electron chi connectivity index (χ0n) is 6.58. The molecular weight excluding hydrogens is 198 g/mol. The van der Waals surface area contributed by atoms with E-state index in [9.17, 15) is 4.79 Å². The van der Waals surface area contributed by atoms with E-state index in [1.54, 1.807) is 0 Å². The number of nitrogens with one attached hydrogen (secondary N) is 2. The topological polar surface area (TPSA) is 76.4 Å². The van der Waals surface area contributed by atoms with Crippen molar-refractivity contribution in [1.82, 2.24) is 10.6 Å². The first-order valence-electron chi connectivity index (χ1n) is 3.46. The Bertz CT molecular complexity index is 110. The molecule has 1 heterocycles. The van der Waals surface area contributed by atoms with Crippen LogP contribution in [0.1, 0.15) is 0 Å². The van der Waals surface area contributed by atoms with E-state index < -0.39 is 6.09 Å². The first kappa shape index (κ1) is 11.9. The molecule has 1 aliphatic rings. The highest BCUT2D eigenvalue weighted by molar-refractivity contribution is 8.66. The van der Waals surface area contributed by atoms with E-state index in [0.717, 1.165) is 26.2 Å². The molecule has 0 saturated carbocycles. The lowest BCUT2D eigenvalue weighted by Crippen LogP contribution is -2.39. The fourth-order valence-electron chi connectivity index (χ4n) is 0.640. The van der Waals surface area contributed by atoms with Gasteiger partial charge < -0.3 is 20.6 Å². The van der Waals surface area contributed by atoms with Crippen LogP contribution in [-0.2, 0) is 4.18 Å². The second-order valence-electron chi connectivity index (χ2n) is 1.98. The van der Waals surface area contributed by atoms with Crippen LogP contribution in [0.25, 0.3) is 0 Å². The first-order chi connectivity index (χ1) is 5.77. The Morgan fingerprint density at radius 2 is 1.75 bits per heavy atom. The number of thiol groups is 1. The summed E-state index contributed by atoms with van der Waals surface area (Å²) in [7, 11) is 0. The summed E-state index contributed by atoms with van der Waals surface area (Å²) >= 11 is 4.08. The van der Waals surface area contributed by atoms with Crippen molar-refractivity contribution in [2.24, 2.45) is 5.73 Å². The molecule has 5 nitrogen and oxygen atoms in total. The number of primary amides is 1. The van der Waals surface area contributed by atoms with Crippen LogP contribution in [0.15, 0.2) is 0 Å². The van der Waals surface area contributed by atoms with Crippen LogP contribution in [0.4, 0.5) is 4.79 Å². The van der Waals surface area contributed by atoms with Crippen molar-refractivity contribution in [2.75, 3.05) is 26.2 Å². The molecule has 72 valence electrons. The highest BCUT2D eigenvalue weighted by atomic mass is 33.1. The van der Waals surface area contributed by atoms with E-state index in [4.69, 9.17) is 0 Å². The number of hydrogen-bond acceptors (Lipinski definition) is 6. The quantitative estimate of drug-likeness (QED) is 0.273. The Labute approximate surface area is 80.8 Å². The molecule has 0 spiro atoms. The van der Waals surface area contributed by atoms with Crippen LogP contribution in [0.5, 0.6) is 0 Å². The van der Waals surface area contributed by atoms with Crippen LogP contribution in [0.3, 0.4) is 0 Å². The highest BCUT2D eigenvalue weighted by Gasteiger charge is 1.91. The Morgan fingerprint density at radius 1 is 1.33 bits per heavy atom. The van der Waals surface area contributed by atoms with Crippen molar-refractivity contribution in [3.63, 3.8) is 0 Å². The Kier molecular flexibility index (Phi) is 8.90. The molecule has 0 bridgehead atoms. The van der Waals surface area contributed by atoms with Gasteiger partial charge in [0, 0.05) is 26.2 Å². The Morgan fingerprint density at radius 3 is 1.83 bits per heavy atom. The average Bonchev–Trinajstić information content (AvgIpc) is 2.08. The van der Waals surface area contributed by atoms with E-state index in [-0.39, 0.29) is 0 Å². The van der Waals surface area contributed by atoms with Crippen LogP contribution in [0, 0.1) is 0 Å². The maximum absolute atomic E-state index is 9.53. The second kappa shape index (κ2) is 8.98. The van der Waals surface area contributed by atoms with Gasteiger partial charge in [-0.15, -0.1) is 0 Å². The third-order valence-electron chi connectivity index (χ3n) is 1.08. The van der Waals surface area contributed by atoms with Gasteiger partial charge in [-0.2, -0.15) is 0 Å². The van der Waals surface area contributed by atoms with Crippen molar-refractivity contribution >= 4 is 28.8 Å². The van der Waals surface area contributed by atoms with Gasteiger partial charge in [-0.05, 0) is 0 Å². The summed E-state index contributed by atoms with van der Waals surface area (Å²) in [5, 5.41) is 6.44. The van der Waals surface area contributed by atoms with Gasteiger partial charge in [-0.25, -0.2) is 4.79 Å². The molecule has 1 saturated heterocycles. The monoisotopic (exact) mass is 211 g/mol. The molecule has 1 rings (SSSR count). The molecule has 4 N–H and O–H groups in total. The van der Waals surface area contributed by atoms with Crippen LogP contribution >= 0.6 is 22.7 Å². The third-order valence-corrected chi connectivity index (χ3v) is 1.54. The summed E-state index contributed by atoms with van der Waals surface area (Å²) in [4.78, 5) is 9.53. The molecule has 7 heteroatoms. The molecular formula is C5H13N3O2S2. The number of carbonyl (C=O) groups is 1. The minimum Gasteiger partial charge on any atom is -0.364 e. The molecule has 0 radical (unpaired) electrons. The fraction of sp³-hybridized carbons (Fsp3) is 0.800. The zero-order valence-corrected chi connectivity index (χ0v) is 8.29. The maximum atomic E-state index is 9.53. The third kappa shape index (κ3) is 9.89. The summed E-state index contributed by atoms with van der Waals surface area (Å²) in [5.74, 6) is 0. The van der Waals surface area contributed by atoms with Gasteiger partial charge in [-0.1, -0.05) is 11.7 Å². The lowest BCUT2D eigenvalue weighted by molar-refractivity contribution is 0.219. The lowest BCUT2D eigenvalue weighted by atomic mass is 10.4. The SMILES string of the molecule is C1CNCCN1.NC(=O)OSS. The fourth-order valence-corrected chi connectivity index (χ4v) is 0.934. The summed E-state index contributed by atoms with van der Waals surface area (Å²) in [5.41, 5.74) is 4.47. The molecule has 12 heavy (non-hydrogen) atoms. The first-order valence-corrected chi connectivity index (χ1v) is 5.25. The standard InChI is InChI=1S/C4H10N2.CH3NO2S2/c1-2-6-4-3-5-1;2-1(3)4-6-5/h5-6H,1-4H2;5H,(H2,2,3). The van der Waals surface area contributed by atoms with E-state index in [1.807, 2.05) is 0 Å². The number of amides is 1. The molecule has 0 aromatic carbocycles.